The van der Waals surface area contributed by atoms with E-state index in [-0.39, 0.29) is 18.0 Å². The predicted octanol–water partition coefficient (Wildman–Crippen LogP) is 5.42. The zero-order chi connectivity index (χ0) is 18.2. The highest BCUT2D eigenvalue weighted by molar-refractivity contribution is 5.71. The van der Waals surface area contributed by atoms with Gasteiger partial charge in [-0.1, -0.05) is 54.6 Å². The third kappa shape index (κ3) is 5.25. The first kappa shape index (κ1) is 18.3. The molecule has 0 saturated carbocycles. The summed E-state index contributed by atoms with van der Waals surface area (Å²) in [6.07, 6.45) is 5.59. The molecule has 2 aromatic rings. The van der Waals surface area contributed by atoms with Crippen molar-refractivity contribution in [2.24, 2.45) is 5.11 Å². The number of benzene rings is 2. The highest BCUT2D eigenvalue weighted by Gasteiger charge is 2.29. The second-order valence-electron chi connectivity index (χ2n) is 7.04. The molecule has 0 aromatic heterocycles. The van der Waals surface area contributed by atoms with Crippen LogP contribution in [0, 0.1) is 5.53 Å². The molecule has 4 heteroatoms. The van der Waals surface area contributed by atoms with E-state index in [0.717, 1.165) is 37.7 Å². The SMILES string of the molecule is N=NCc1ccc(CCCCC2CC(c3ccccc3)CC(=O)O2)cc1. The lowest BCUT2D eigenvalue weighted by atomic mass is 9.87. The topological polar surface area (TPSA) is 62.5 Å². The molecule has 1 fully saturated rings. The number of rotatable bonds is 8. The summed E-state index contributed by atoms with van der Waals surface area (Å²) >= 11 is 0. The zero-order valence-electron chi connectivity index (χ0n) is 15.1. The number of carbonyl (C=O) groups is 1. The normalized spacial score (nSPS) is 19.8. The predicted molar refractivity (Wildman–Crippen MR) is 101 cm³/mol. The molecule has 0 amide bonds. The Bertz CT molecular complexity index is 713. The first-order valence-electron chi connectivity index (χ1n) is 9.40. The van der Waals surface area contributed by atoms with Gasteiger partial charge >= 0.3 is 5.97 Å². The van der Waals surface area contributed by atoms with Crippen LogP contribution in [0.3, 0.4) is 0 Å². The van der Waals surface area contributed by atoms with Gasteiger partial charge in [0.15, 0.2) is 0 Å². The standard InChI is InChI=1S/C22H26N2O2/c23-24-16-18-12-10-17(11-13-18)6-4-5-9-21-14-20(15-22(25)26-21)19-7-2-1-3-8-19/h1-3,7-8,10-13,20-21,23H,4-6,9,14-16H2. The van der Waals surface area contributed by atoms with E-state index >= 15 is 0 Å². The van der Waals surface area contributed by atoms with E-state index in [1.54, 1.807) is 0 Å². The molecule has 0 radical (unpaired) electrons. The van der Waals surface area contributed by atoms with Crippen molar-refractivity contribution in [2.45, 2.75) is 57.1 Å². The molecule has 2 aromatic carbocycles. The molecule has 2 atom stereocenters. The average molecular weight is 350 g/mol. The van der Waals surface area contributed by atoms with Crippen LogP contribution >= 0.6 is 0 Å². The second kappa shape index (κ2) is 9.27. The minimum Gasteiger partial charge on any atom is -0.462 e. The highest BCUT2D eigenvalue weighted by atomic mass is 16.5. The van der Waals surface area contributed by atoms with E-state index in [1.807, 2.05) is 30.3 Å². The lowest BCUT2D eigenvalue weighted by Crippen LogP contribution is -2.28. The van der Waals surface area contributed by atoms with Gasteiger partial charge in [0.25, 0.3) is 0 Å². The van der Waals surface area contributed by atoms with Crippen LogP contribution in [0.5, 0.6) is 0 Å². The van der Waals surface area contributed by atoms with Gasteiger partial charge in [0.1, 0.15) is 6.10 Å². The number of nitrogens with zero attached hydrogens (tertiary/aromatic N) is 1. The highest BCUT2D eigenvalue weighted by Crippen LogP contribution is 2.32. The van der Waals surface area contributed by atoms with E-state index < -0.39 is 0 Å². The lowest BCUT2D eigenvalue weighted by molar-refractivity contribution is -0.155. The molecule has 0 aliphatic carbocycles. The molecule has 1 aliphatic rings. The number of ether oxygens (including phenoxy) is 1. The van der Waals surface area contributed by atoms with Crippen molar-refractivity contribution >= 4 is 5.97 Å². The van der Waals surface area contributed by atoms with Gasteiger partial charge in [-0.25, -0.2) is 5.53 Å². The first-order chi connectivity index (χ1) is 12.7. The number of nitrogens with one attached hydrogen (secondary N) is 1. The Hall–Kier alpha value is -2.49. The van der Waals surface area contributed by atoms with Gasteiger partial charge in [0.2, 0.25) is 0 Å². The summed E-state index contributed by atoms with van der Waals surface area (Å²) in [5.74, 6) is 0.225. The largest absolute Gasteiger partial charge is 0.462 e. The average Bonchev–Trinajstić information content (AvgIpc) is 2.67. The molecule has 1 aliphatic heterocycles. The van der Waals surface area contributed by atoms with E-state index in [0.29, 0.717) is 13.0 Å². The number of hydrogen-bond donors (Lipinski definition) is 1. The minimum absolute atomic E-state index is 0.0440. The summed E-state index contributed by atoms with van der Waals surface area (Å²) in [5, 5.41) is 3.41. The van der Waals surface area contributed by atoms with Crippen LogP contribution in [-0.2, 0) is 22.5 Å². The van der Waals surface area contributed by atoms with Crippen molar-refractivity contribution in [2.75, 3.05) is 0 Å². The van der Waals surface area contributed by atoms with Crippen molar-refractivity contribution in [1.82, 2.24) is 0 Å². The van der Waals surface area contributed by atoms with E-state index in [9.17, 15) is 4.79 Å². The molecule has 2 unspecified atom stereocenters. The van der Waals surface area contributed by atoms with Crippen LogP contribution in [-0.4, -0.2) is 12.1 Å². The Morgan fingerprint density at radius 2 is 1.73 bits per heavy atom. The molecular weight excluding hydrogens is 324 g/mol. The summed E-state index contributed by atoms with van der Waals surface area (Å²) in [4.78, 5) is 12.0. The summed E-state index contributed by atoms with van der Waals surface area (Å²) in [6.45, 7) is 0.454. The smallest absolute Gasteiger partial charge is 0.306 e. The molecular formula is C22H26N2O2. The zero-order valence-corrected chi connectivity index (χ0v) is 15.1. The van der Waals surface area contributed by atoms with Crippen molar-refractivity contribution in [1.29, 1.82) is 5.53 Å². The molecule has 1 heterocycles. The fourth-order valence-corrected chi connectivity index (χ4v) is 3.64. The number of hydrogen-bond acceptors (Lipinski definition) is 4. The molecule has 3 rings (SSSR count). The minimum atomic E-state index is -0.0644. The van der Waals surface area contributed by atoms with Crippen LogP contribution in [0.15, 0.2) is 59.7 Å². The summed E-state index contributed by atoms with van der Waals surface area (Å²) in [6, 6.07) is 18.6. The molecule has 136 valence electrons. The Morgan fingerprint density at radius 1 is 1.00 bits per heavy atom. The van der Waals surface area contributed by atoms with Gasteiger partial charge < -0.3 is 4.74 Å². The third-order valence-corrected chi connectivity index (χ3v) is 5.06. The summed E-state index contributed by atoms with van der Waals surface area (Å²) in [5.41, 5.74) is 10.5. The van der Waals surface area contributed by atoms with Crippen LogP contribution in [0.25, 0.3) is 0 Å². The maximum Gasteiger partial charge on any atom is 0.306 e. The third-order valence-electron chi connectivity index (χ3n) is 5.06. The van der Waals surface area contributed by atoms with Crippen molar-refractivity contribution < 1.29 is 9.53 Å². The number of aryl methyl sites for hydroxylation is 1. The Balaban J connectivity index is 1.44. The number of esters is 1. The van der Waals surface area contributed by atoms with E-state index in [2.05, 4.69) is 29.4 Å². The summed E-state index contributed by atoms with van der Waals surface area (Å²) in [7, 11) is 0. The van der Waals surface area contributed by atoms with Gasteiger partial charge in [0, 0.05) is 0 Å². The molecule has 26 heavy (non-hydrogen) atoms. The van der Waals surface area contributed by atoms with Gasteiger partial charge in [-0.2, -0.15) is 5.11 Å². The molecule has 0 bridgehead atoms. The molecule has 4 nitrogen and oxygen atoms in total. The van der Waals surface area contributed by atoms with Gasteiger partial charge in [-0.15, -0.1) is 0 Å². The van der Waals surface area contributed by atoms with Crippen molar-refractivity contribution in [3.8, 4) is 0 Å². The summed E-state index contributed by atoms with van der Waals surface area (Å²) < 4.78 is 5.57. The monoisotopic (exact) mass is 350 g/mol. The van der Waals surface area contributed by atoms with E-state index in [1.165, 1.54) is 11.1 Å². The van der Waals surface area contributed by atoms with Crippen LogP contribution in [0.4, 0.5) is 0 Å². The lowest BCUT2D eigenvalue weighted by Gasteiger charge is -2.29. The molecule has 0 spiro atoms. The van der Waals surface area contributed by atoms with E-state index in [4.69, 9.17) is 10.3 Å². The van der Waals surface area contributed by atoms with Gasteiger partial charge in [0.05, 0.1) is 13.0 Å². The second-order valence-corrected chi connectivity index (χ2v) is 7.04. The van der Waals surface area contributed by atoms with Gasteiger partial charge in [-0.3, -0.25) is 4.79 Å². The number of carbonyl (C=O) groups excluding carboxylic acids is 1. The molecule has 1 N–H and O–H groups in total. The number of unbranched alkanes of at least 4 members (excludes halogenated alkanes) is 1. The number of cyclic esters (lactones) is 1. The maximum atomic E-state index is 12.0. The van der Waals surface area contributed by atoms with Crippen molar-refractivity contribution in [3.05, 3.63) is 71.3 Å². The maximum absolute atomic E-state index is 12.0. The first-order valence-corrected chi connectivity index (χ1v) is 9.40. The van der Waals surface area contributed by atoms with Crippen LogP contribution in [0.2, 0.25) is 0 Å². The fourth-order valence-electron chi connectivity index (χ4n) is 3.64. The van der Waals surface area contributed by atoms with Crippen LogP contribution in [0.1, 0.15) is 54.7 Å². The Labute approximate surface area is 155 Å². The molecule has 1 saturated heterocycles. The van der Waals surface area contributed by atoms with Gasteiger partial charge in [-0.05, 0) is 54.7 Å². The van der Waals surface area contributed by atoms with Crippen LogP contribution < -0.4 is 0 Å². The Morgan fingerprint density at radius 3 is 2.46 bits per heavy atom. The Kier molecular flexibility index (Phi) is 6.53. The quantitative estimate of drug-likeness (QED) is 0.392. The fraction of sp³-hybridized carbons (Fsp3) is 0.409. The van der Waals surface area contributed by atoms with Crippen molar-refractivity contribution in [3.63, 3.8) is 0 Å².